The van der Waals surface area contributed by atoms with Gasteiger partial charge >= 0.3 is 0 Å². The Labute approximate surface area is 70.9 Å². The van der Waals surface area contributed by atoms with Crippen molar-refractivity contribution in [2.75, 3.05) is 12.4 Å². The summed E-state index contributed by atoms with van der Waals surface area (Å²) < 4.78 is 24.5. The van der Waals surface area contributed by atoms with Gasteiger partial charge in [-0.15, -0.1) is 0 Å². The van der Waals surface area contributed by atoms with E-state index in [4.69, 9.17) is 9.29 Å². The van der Waals surface area contributed by atoms with Gasteiger partial charge in [-0.25, -0.2) is 4.21 Å². The van der Waals surface area contributed by atoms with Crippen LogP contribution in [0.3, 0.4) is 0 Å². The van der Waals surface area contributed by atoms with E-state index in [0.717, 1.165) is 6.42 Å². The molecule has 1 aliphatic rings. The molecule has 3 nitrogen and oxygen atoms in total. The molecule has 2 atom stereocenters. The Morgan fingerprint density at radius 1 is 1.82 bits per heavy atom. The fraction of sp³-hybridized carbons (Fsp3) is 0.667. The van der Waals surface area contributed by atoms with Crippen molar-refractivity contribution in [1.29, 1.82) is 0 Å². The highest BCUT2D eigenvalue weighted by atomic mass is 32.8. The fourth-order valence-corrected chi connectivity index (χ4v) is 2.30. The molecule has 0 aromatic rings. The molecule has 1 aliphatic heterocycles. The summed E-state index contributed by atoms with van der Waals surface area (Å²) in [4.78, 5) is 0. The predicted molar refractivity (Wildman–Crippen MR) is 46.2 cm³/mol. The molecule has 2 unspecified atom stereocenters. The lowest BCUT2D eigenvalue weighted by molar-refractivity contribution is 0.213. The van der Waals surface area contributed by atoms with E-state index in [1.807, 2.05) is 0 Å². The molecular weight excluding hydrogens is 184 g/mol. The van der Waals surface area contributed by atoms with Gasteiger partial charge in [0.05, 0.1) is 18.6 Å². The summed E-state index contributed by atoms with van der Waals surface area (Å²) >= 11 is 4.37. The quantitative estimate of drug-likeness (QED) is 0.705. The third-order valence-corrected chi connectivity index (χ3v) is 2.74. The van der Waals surface area contributed by atoms with E-state index in [1.165, 1.54) is 0 Å². The topological polar surface area (TPSA) is 46.5 Å². The van der Waals surface area contributed by atoms with E-state index in [1.54, 1.807) is 12.3 Å². The van der Waals surface area contributed by atoms with Crippen molar-refractivity contribution >= 4 is 20.0 Å². The highest BCUT2D eigenvalue weighted by molar-refractivity contribution is 8.29. The van der Waals surface area contributed by atoms with Crippen molar-refractivity contribution < 1.29 is 13.5 Å². The lowest BCUT2D eigenvalue weighted by atomic mass is 10.1. The van der Waals surface area contributed by atoms with E-state index in [0.29, 0.717) is 6.61 Å². The van der Waals surface area contributed by atoms with Gasteiger partial charge in [-0.1, -0.05) is 0 Å². The molecule has 11 heavy (non-hydrogen) atoms. The summed E-state index contributed by atoms with van der Waals surface area (Å²) in [5, 5.41) is 0. The molecule has 0 aliphatic carbocycles. The van der Waals surface area contributed by atoms with E-state index in [2.05, 4.69) is 11.2 Å². The summed E-state index contributed by atoms with van der Waals surface area (Å²) in [6, 6.07) is 0. The normalized spacial score (nSPS) is 29.0. The van der Waals surface area contributed by atoms with Crippen LogP contribution in [-0.2, 0) is 24.7 Å². The first kappa shape index (κ1) is 8.96. The smallest absolute Gasteiger partial charge is 0.142 e. The summed E-state index contributed by atoms with van der Waals surface area (Å²) in [6.07, 6.45) is 4.13. The second-order valence-corrected chi connectivity index (χ2v) is 5.56. The zero-order valence-corrected chi connectivity index (χ0v) is 7.57. The highest BCUT2D eigenvalue weighted by Crippen LogP contribution is 2.12. The van der Waals surface area contributed by atoms with Gasteiger partial charge < -0.3 is 9.29 Å². The van der Waals surface area contributed by atoms with Crippen molar-refractivity contribution in [2.24, 2.45) is 5.92 Å². The van der Waals surface area contributed by atoms with Crippen LogP contribution in [0.5, 0.6) is 0 Å². The molecule has 0 aromatic carbocycles. The molecule has 1 N–H and O–H groups in total. The first-order valence-corrected chi connectivity index (χ1v) is 5.92. The average Bonchev–Trinajstić information content (AvgIpc) is 1.85. The summed E-state index contributed by atoms with van der Waals surface area (Å²) in [6.45, 7) is 0.617. The second kappa shape index (κ2) is 3.51. The van der Waals surface area contributed by atoms with Crippen LogP contribution in [0.2, 0.25) is 0 Å². The maximum absolute atomic E-state index is 10.8. The zero-order valence-electron chi connectivity index (χ0n) is 5.93. The van der Waals surface area contributed by atoms with Crippen LogP contribution in [-0.4, -0.2) is 21.1 Å². The average molecular weight is 194 g/mol. The molecule has 0 bridgehead atoms. The lowest BCUT2D eigenvalue weighted by Gasteiger charge is -2.15. The van der Waals surface area contributed by atoms with Crippen LogP contribution >= 0.6 is 0 Å². The fourth-order valence-electron chi connectivity index (χ4n) is 0.960. The maximum Gasteiger partial charge on any atom is 0.142 e. The Bertz CT molecular complexity index is 243. The minimum absolute atomic E-state index is 0.110. The van der Waals surface area contributed by atoms with Crippen molar-refractivity contribution in [3.05, 3.63) is 12.3 Å². The Morgan fingerprint density at radius 2 is 2.55 bits per heavy atom. The van der Waals surface area contributed by atoms with Crippen LogP contribution in [0.15, 0.2) is 12.3 Å². The highest BCUT2D eigenvalue weighted by Gasteiger charge is 2.13. The van der Waals surface area contributed by atoms with Crippen LogP contribution in [0, 0.1) is 5.92 Å². The first-order chi connectivity index (χ1) is 5.08. The maximum atomic E-state index is 10.8. The second-order valence-electron chi connectivity index (χ2n) is 2.50. The molecule has 0 fully saturated rings. The van der Waals surface area contributed by atoms with Gasteiger partial charge in [-0.05, 0) is 18.4 Å². The molecule has 1 rings (SSSR count). The van der Waals surface area contributed by atoms with Gasteiger partial charge in [0.15, 0.2) is 0 Å². The van der Waals surface area contributed by atoms with E-state index >= 15 is 0 Å². The Morgan fingerprint density at radius 3 is 3.00 bits per heavy atom. The predicted octanol–water partition coefficient (Wildman–Crippen LogP) is 0.756. The van der Waals surface area contributed by atoms with Gasteiger partial charge in [0.25, 0.3) is 0 Å². The van der Waals surface area contributed by atoms with Gasteiger partial charge in [0.2, 0.25) is 0 Å². The van der Waals surface area contributed by atoms with Crippen molar-refractivity contribution in [3.63, 3.8) is 0 Å². The number of rotatable bonds is 2. The molecule has 0 spiro atoms. The SMILES string of the molecule is O=S(O)(=S)CC1C=COCC1. The van der Waals surface area contributed by atoms with Crippen molar-refractivity contribution in [2.45, 2.75) is 6.42 Å². The number of ether oxygens (including phenoxy) is 1. The van der Waals surface area contributed by atoms with Gasteiger partial charge in [0, 0.05) is 11.2 Å². The Hall–Kier alpha value is -0.130. The van der Waals surface area contributed by atoms with Crippen molar-refractivity contribution in [1.82, 2.24) is 0 Å². The zero-order chi connectivity index (χ0) is 8.32. The van der Waals surface area contributed by atoms with Gasteiger partial charge in [-0.3, -0.25) is 0 Å². The summed E-state index contributed by atoms with van der Waals surface area (Å²) in [5.74, 6) is 0.279. The van der Waals surface area contributed by atoms with E-state index in [9.17, 15) is 4.21 Å². The van der Waals surface area contributed by atoms with Crippen LogP contribution in [0.25, 0.3) is 0 Å². The standard InChI is InChI=1S/C6H10O3S2/c7-11(8,10)5-6-1-3-9-4-2-6/h1,3,6H,2,4-5H2,(H,7,8,10). The van der Waals surface area contributed by atoms with E-state index in [-0.39, 0.29) is 11.7 Å². The summed E-state index contributed by atoms with van der Waals surface area (Å²) in [5.41, 5.74) is 0. The van der Waals surface area contributed by atoms with Gasteiger partial charge in [0.1, 0.15) is 8.77 Å². The first-order valence-electron chi connectivity index (χ1n) is 3.31. The molecule has 64 valence electrons. The molecular formula is C6H10O3S2. The van der Waals surface area contributed by atoms with Crippen LogP contribution < -0.4 is 0 Å². The Balaban J connectivity index is 2.49. The molecule has 1 heterocycles. The third kappa shape index (κ3) is 3.69. The molecule has 0 saturated heterocycles. The molecule has 0 saturated carbocycles. The lowest BCUT2D eigenvalue weighted by Crippen LogP contribution is -2.16. The summed E-state index contributed by atoms with van der Waals surface area (Å²) in [7, 11) is -3.00. The number of hydrogen-bond acceptors (Lipinski definition) is 3. The Kier molecular flexibility index (Phi) is 2.86. The van der Waals surface area contributed by atoms with Gasteiger partial charge in [-0.2, -0.15) is 0 Å². The number of allylic oxidation sites excluding steroid dienone is 1. The van der Waals surface area contributed by atoms with Crippen LogP contribution in [0.1, 0.15) is 6.42 Å². The molecule has 0 amide bonds. The molecule has 5 heteroatoms. The monoisotopic (exact) mass is 194 g/mol. The largest absolute Gasteiger partial charge is 0.501 e. The van der Waals surface area contributed by atoms with Crippen LogP contribution in [0.4, 0.5) is 0 Å². The minimum atomic E-state index is -3.00. The minimum Gasteiger partial charge on any atom is -0.501 e. The molecule has 0 aromatic heterocycles. The third-order valence-electron chi connectivity index (χ3n) is 1.48. The van der Waals surface area contributed by atoms with E-state index < -0.39 is 8.77 Å². The molecule has 0 radical (unpaired) electrons. The number of hydrogen-bond donors (Lipinski definition) is 1. The van der Waals surface area contributed by atoms with Crippen molar-refractivity contribution in [3.8, 4) is 0 Å².